The maximum absolute atomic E-state index is 10.8. The molecular weight excluding hydrogens is 214 g/mol. The van der Waals surface area contributed by atoms with Gasteiger partial charge in [0.2, 0.25) is 0 Å². The fourth-order valence-electron chi connectivity index (χ4n) is 1.60. The fraction of sp³-hybridized carbons (Fsp3) is 0.900. The average molecular weight is 233 g/mol. The van der Waals surface area contributed by atoms with Gasteiger partial charge in [0.05, 0.1) is 6.61 Å². The zero-order valence-electron chi connectivity index (χ0n) is 9.23. The highest BCUT2D eigenvalue weighted by atomic mass is 32.2. The van der Waals surface area contributed by atoms with Gasteiger partial charge in [-0.3, -0.25) is 4.79 Å². The second-order valence-corrected chi connectivity index (χ2v) is 6.33. The van der Waals surface area contributed by atoms with Crippen molar-refractivity contribution in [1.82, 2.24) is 0 Å². The highest BCUT2D eigenvalue weighted by Crippen LogP contribution is 2.34. The van der Waals surface area contributed by atoms with E-state index in [0.717, 1.165) is 19.4 Å². The molecule has 1 aliphatic rings. The Bertz CT molecular complexity index is 227. The molecule has 0 aromatic carbocycles. The molecule has 0 aliphatic carbocycles. The third kappa shape index (κ3) is 3.66. The van der Waals surface area contributed by atoms with Crippen LogP contribution in [0.4, 0.5) is 0 Å². The molecule has 0 amide bonds. The smallest absolute Gasteiger partial charge is 0.321 e. The Balaban J connectivity index is 2.50. The van der Waals surface area contributed by atoms with E-state index in [1.54, 1.807) is 11.8 Å². The fourth-order valence-corrected chi connectivity index (χ4v) is 3.16. The number of aliphatic carboxylic acids is 1. The summed E-state index contributed by atoms with van der Waals surface area (Å²) in [7, 11) is 0. The van der Waals surface area contributed by atoms with Crippen molar-refractivity contribution in [2.24, 2.45) is 5.73 Å². The predicted octanol–water partition coefficient (Wildman–Crippen LogP) is 1.09. The summed E-state index contributed by atoms with van der Waals surface area (Å²) >= 11 is 1.63. The van der Waals surface area contributed by atoms with Gasteiger partial charge in [-0.1, -0.05) is 0 Å². The Labute approximate surface area is 94.6 Å². The van der Waals surface area contributed by atoms with Crippen LogP contribution in [-0.2, 0) is 9.53 Å². The second-order valence-electron chi connectivity index (χ2n) is 4.38. The van der Waals surface area contributed by atoms with Crippen molar-refractivity contribution in [3.05, 3.63) is 0 Å². The minimum absolute atomic E-state index is 0.374. The first-order valence-electron chi connectivity index (χ1n) is 5.17. The molecule has 1 fully saturated rings. The summed E-state index contributed by atoms with van der Waals surface area (Å²) in [6.07, 6.45) is 2.14. The summed E-state index contributed by atoms with van der Waals surface area (Å²) in [4.78, 5) is 10.8. The molecule has 4 nitrogen and oxygen atoms in total. The summed E-state index contributed by atoms with van der Waals surface area (Å²) in [6.45, 7) is 5.29. The molecule has 1 rings (SSSR count). The van der Waals surface area contributed by atoms with Gasteiger partial charge in [-0.05, 0) is 26.7 Å². The number of hydrogen-bond acceptors (Lipinski definition) is 4. The number of carboxylic acids is 1. The van der Waals surface area contributed by atoms with Crippen LogP contribution in [0.3, 0.4) is 0 Å². The molecule has 1 unspecified atom stereocenters. The van der Waals surface area contributed by atoms with Gasteiger partial charge >= 0.3 is 5.97 Å². The molecule has 0 radical (unpaired) electrons. The van der Waals surface area contributed by atoms with Crippen LogP contribution in [0.5, 0.6) is 0 Å². The van der Waals surface area contributed by atoms with E-state index in [9.17, 15) is 4.79 Å². The molecule has 0 saturated carbocycles. The van der Waals surface area contributed by atoms with Gasteiger partial charge in [-0.25, -0.2) is 0 Å². The Hall–Kier alpha value is -0.260. The molecule has 0 aromatic rings. The van der Waals surface area contributed by atoms with Crippen LogP contribution >= 0.6 is 11.8 Å². The van der Waals surface area contributed by atoms with Crippen LogP contribution in [0.1, 0.15) is 26.7 Å². The standard InChI is InChI=1S/C10H19NO3S/c1-10(2,8(11)9(12)13)15-7-4-3-5-14-6-7/h7-8H,3-6,11H2,1-2H3,(H,12,13)/t7?,8-/m1/s1. The van der Waals surface area contributed by atoms with Crippen molar-refractivity contribution in [2.75, 3.05) is 13.2 Å². The number of ether oxygens (including phenoxy) is 1. The lowest BCUT2D eigenvalue weighted by Gasteiger charge is -2.33. The van der Waals surface area contributed by atoms with Crippen LogP contribution in [0.25, 0.3) is 0 Å². The van der Waals surface area contributed by atoms with E-state index in [0.29, 0.717) is 11.9 Å². The first-order valence-corrected chi connectivity index (χ1v) is 6.05. The van der Waals surface area contributed by atoms with Crippen molar-refractivity contribution in [3.8, 4) is 0 Å². The number of nitrogens with two attached hydrogens (primary N) is 1. The maximum atomic E-state index is 10.8. The van der Waals surface area contributed by atoms with E-state index in [-0.39, 0.29) is 0 Å². The molecule has 88 valence electrons. The number of hydrogen-bond donors (Lipinski definition) is 2. The number of rotatable bonds is 4. The third-order valence-corrected chi connectivity index (χ3v) is 4.17. The molecule has 1 aliphatic heterocycles. The lowest BCUT2D eigenvalue weighted by Crippen LogP contribution is -2.48. The summed E-state index contributed by atoms with van der Waals surface area (Å²) in [5.74, 6) is -0.941. The van der Waals surface area contributed by atoms with Gasteiger partial charge in [0.1, 0.15) is 6.04 Å². The van der Waals surface area contributed by atoms with Crippen molar-refractivity contribution >= 4 is 17.7 Å². The predicted molar refractivity (Wildman–Crippen MR) is 61.1 cm³/mol. The van der Waals surface area contributed by atoms with E-state index < -0.39 is 16.8 Å². The van der Waals surface area contributed by atoms with Crippen LogP contribution in [0, 0.1) is 0 Å². The molecule has 0 spiro atoms. The lowest BCUT2D eigenvalue weighted by atomic mass is 10.1. The van der Waals surface area contributed by atoms with E-state index >= 15 is 0 Å². The summed E-state index contributed by atoms with van der Waals surface area (Å²) in [5, 5.41) is 9.25. The van der Waals surface area contributed by atoms with Crippen LogP contribution in [-0.4, -0.2) is 40.3 Å². The van der Waals surface area contributed by atoms with Crippen LogP contribution < -0.4 is 5.73 Å². The van der Waals surface area contributed by atoms with Gasteiger partial charge in [0, 0.05) is 16.6 Å². The number of thioether (sulfide) groups is 1. The molecule has 3 N–H and O–H groups in total. The van der Waals surface area contributed by atoms with E-state index in [4.69, 9.17) is 15.6 Å². The third-order valence-electron chi connectivity index (χ3n) is 2.60. The molecule has 1 heterocycles. The van der Waals surface area contributed by atoms with E-state index in [2.05, 4.69) is 0 Å². The quantitative estimate of drug-likeness (QED) is 0.760. The van der Waals surface area contributed by atoms with Gasteiger partial charge in [-0.2, -0.15) is 0 Å². The van der Waals surface area contributed by atoms with Crippen molar-refractivity contribution < 1.29 is 14.6 Å². The molecular formula is C10H19NO3S. The van der Waals surface area contributed by atoms with Crippen molar-refractivity contribution in [3.63, 3.8) is 0 Å². The first-order chi connectivity index (χ1) is 6.93. The average Bonchev–Trinajstić information content (AvgIpc) is 2.17. The summed E-state index contributed by atoms with van der Waals surface area (Å²) in [6, 6.07) is -0.829. The Kier molecular flexibility index (Phi) is 4.43. The van der Waals surface area contributed by atoms with E-state index in [1.807, 2.05) is 13.8 Å². The molecule has 5 heteroatoms. The number of carbonyl (C=O) groups is 1. The maximum Gasteiger partial charge on any atom is 0.321 e. The minimum Gasteiger partial charge on any atom is -0.480 e. The van der Waals surface area contributed by atoms with Gasteiger partial charge < -0.3 is 15.6 Å². The van der Waals surface area contributed by atoms with Crippen LogP contribution in [0.2, 0.25) is 0 Å². The molecule has 0 bridgehead atoms. The summed E-state index contributed by atoms with van der Waals surface area (Å²) < 4.78 is 4.91. The van der Waals surface area contributed by atoms with E-state index in [1.165, 1.54) is 0 Å². The van der Waals surface area contributed by atoms with Gasteiger partial charge in [-0.15, -0.1) is 11.8 Å². The number of carboxylic acid groups (broad SMARTS) is 1. The lowest BCUT2D eigenvalue weighted by molar-refractivity contribution is -0.139. The summed E-state index contributed by atoms with van der Waals surface area (Å²) in [5.41, 5.74) is 5.65. The zero-order chi connectivity index (χ0) is 11.5. The molecule has 15 heavy (non-hydrogen) atoms. The molecule has 0 aromatic heterocycles. The normalized spacial score (nSPS) is 24.9. The second kappa shape index (κ2) is 5.18. The highest BCUT2D eigenvalue weighted by molar-refractivity contribution is 8.01. The van der Waals surface area contributed by atoms with Crippen molar-refractivity contribution in [1.29, 1.82) is 0 Å². The SMILES string of the molecule is CC(C)(SC1CCCOC1)[C@H](N)C(=O)O. The Morgan fingerprint density at radius 2 is 2.33 bits per heavy atom. The zero-order valence-corrected chi connectivity index (χ0v) is 10.0. The van der Waals surface area contributed by atoms with Crippen molar-refractivity contribution in [2.45, 2.75) is 42.7 Å². The molecule has 1 saturated heterocycles. The Morgan fingerprint density at radius 3 is 2.80 bits per heavy atom. The van der Waals surface area contributed by atoms with Gasteiger partial charge in [0.15, 0.2) is 0 Å². The van der Waals surface area contributed by atoms with Gasteiger partial charge in [0.25, 0.3) is 0 Å². The van der Waals surface area contributed by atoms with Crippen LogP contribution in [0.15, 0.2) is 0 Å². The minimum atomic E-state index is -0.941. The first kappa shape index (κ1) is 12.8. The monoisotopic (exact) mass is 233 g/mol. The molecule has 2 atom stereocenters. The largest absolute Gasteiger partial charge is 0.480 e. The Morgan fingerprint density at radius 1 is 1.67 bits per heavy atom. The topological polar surface area (TPSA) is 72.5 Å². The highest BCUT2D eigenvalue weighted by Gasteiger charge is 2.35.